The van der Waals surface area contributed by atoms with Crippen LogP contribution in [0.5, 0.6) is 0 Å². The molecule has 2 aliphatic carbocycles. The standard InChI is InChI=1S/C23H46N2O2/c1-12(2)7-18-10-16(14(5)20(24)22(18)26)9-17-11-19(8-13(3)4)23(27)21(25)15(17)6/h12-23,26-27H,7-11,24-25H2,1-6H3. The molecule has 2 fully saturated rings. The van der Waals surface area contributed by atoms with Crippen LogP contribution in [0.3, 0.4) is 0 Å². The first-order chi connectivity index (χ1) is 12.5. The van der Waals surface area contributed by atoms with Crippen molar-refractivity contribution in [3.05, 3.63) is 0 Å². The van der Waals surface area contributed by atoms with E-state index in [1.54, 1.807) is 0 Å². The highest BCUT2D eigenvalue weighted by molar-refractivity contribution is 4.98. The summed E-state index contributed by atoms with van der Waals surface area (Å²) in [5.74, 6) is 3.54. The maximum atomic E-state index is 10.7. The Labute approximate surface area is 167 Å². The van der Waals surface area contributed by atoms with Crippen molar-refractivity contribution in [2.45, 2.75) is 97.9 Å². The van der Waals surface area contributed by atoms with Crippen LogP contribution in [0.4, 0.5) is 0 Å². The van der Waals surface area contributed by atoms with Gasteiger partial charge in [0.25, 0.3) is 0 Å². The van der Waals surface area contributed by atoms with Gasteiger partial charge >= 0.3 is 0 Å². The first-order valence-electron chi connectivity index (χ1n) is 11.4. The molecule has 4 nitrogen and oxygen atoms in total. The lowest BCUT2D eigenvalue weighted by molar-refractivity contribution is -0.0396. The van der Waals surface area contributed by atoms with Crippen LogP contribution in [0, 0.1) is 47.3 Å². The summed E-state index contributed by atoms with van der Waals surface area (Å²) in [6.07, 6.45) is 4.62. The Hall–Kier alpha value is -0.160. The van der Waals surface area contributed by atoms with Gasteiger partial charge in [-0.25, -0.2) is 0 Å². The molecule has 0 aromatic heterocycles. The minimum atomic E-state index is -0.375. The highest BCUT2D eigenvalue weighted by Crippen LogP contribution is 2.45. The predicted molar refractivity (Wildman–Crippen MR) is 113 cm³/mol. The summed E-state index contributed by atoms with van der Waals surface area (Å²) in [4.78, 5) is 0. The molecule has 0 aromatic rings. The summed E-state index contributed by atoms with van der Waals surface area (Å²) in [5.41, 5.74) is 12.9. The van der Waals surface area contributed by atoms with Crippen LogP contribution in [-0.4, -0.2) is 34.5 Å². The molecule has 6 N–H and O–H groups in total. The topological polar surface area (TPSA) is 92.5 Å². The third-order valence-corrected chi connectivity index (χ3v) is 7.82. The molecule has 0 spiro atoms. The first kappa shape index (κ1) is 23.1. The molecule has 2 saturated carbocycles. The average Bonchev–Trinajstić information content (AvgIpc) is 2.58. The van der Waals surface area contributed by atoms with Crippen LogP contribution in [-0.2, 0) is 0 Å². The molecule has 27 heavy (non-hydrogen) atoms. The van der Waals surface area contributed by atoms with Crippen molar-refractivity contribution in [1.82, 2.24) is 0 Å². The quantitative estimate of drug-likeness (QED) is 0.566. The second-order valence-electron chi connectivity index (χ2n) is 10.9. The third-order valence-electron chi connectivity index (χ3n) is 7.82. The SMILES string of the molecule is CC(C)CC1CC(CC2CC(CC(C)C)C(O)C(N)C2C)C(C)C(N)C1O. The van der Waals surface area contributed by atoms with Crippen molar-refractivity contribution < 1.29 is 10.2 Å². The van der Waals surface area contributed by atoms with Crippen LogP contribution >= 0.6 is 0 Å². The summed E-state index contributed by atoms with van der Waals surface area (Å²) < 4.78 is 0. The van der Waals surface area contributed by atoms with Gasteiger partial charge in [-0.05, 0) is 79.4 Å². The summed E-state index contributed by atoms with van der Waals surface area (Å²) in [5, 5.41) is 21.3. The number of aliphatic hydroxyl groups is 2. The Balaban J connectivity index is 2.10. The molecule has 0 bridgehead atoms. The lowest BCUT2D eigenvalue weighted by Gasteiger charge is -2.48. The zero-order valence-electron chi connectivity index (χ0n) is 18.5. The van der Waals surface area contributed by atoms with Crippen LogP contribution < -0.4 is 11.5 Å². The summed E-state index contributed by atoms with van der Waals surface area (Å²) in [6, 6.07) is -0.255. The van der Waals surface area contributed by atoms with Crippen LogP contribution in [0.15, 0.2) is 0 Å². The summed E-state index contributed by atoms with van der Waals surface area (Å²) in [6.45, 7) is 13.4. The molecule has 10 unspecified atom stereocenters. The normalized spacial score (nSPS) is 46.2. The van der Waals surface area contributed by atoms with E-state index in [4.69, 9.17) is 11.5 Å². The third kappa shape index (κ3) is 5.46. The number of nitrogens with two attached hydrogens (primary N) is 2. The van der Waals surface area contributed by atoms with Crippen molar-refractivity contribution in [2.75, 3.05) is 0 Å². The first-order valence-corrected chi connectivity index (χ1v) is 11.4. The van der Waals surface area contributed by atoms with Gasteiger partial charge in [0.1, 0.15) is 0 Å². The van der Waals surface area contributed by atoms with Gasteiger partial charge in [0.05, 0.1) is 12.2 Å². The van der Waals surface area contributed by atoms with Crippen LogP contribution in [0.1, 0.15) is 73.6 Å². The van der Waals surface area contributed by atoms with Gasteiger partial charge in [-0.1, -0.05) is 41.5 Å². The Bertz CT molecular complexity index is 416. The maximum Gasteiger partial charge on any atom is 0.0722 e. The van der Waals surface area contributed by atoms with E-state index >= 15 is 0 Å². The van der Waals surface area contributed by atoms with Crippen molar-refractivity contribution in [3.8, 4) is 0 Å². The lowest BCUT2D eigenvalue weighted by Crippen LogP contribution is -2.54. The van der Waals surface area contributed by atoms with Gasteiger partial charge in [0.15, 0.2) is 0 Å². The van der Waals surface area contributed by atoms with E-state index in [1.807, 2.05) is 0 Å². The molecule has 0 aliphatic heterocycles. The van der Waals surface area contributed by atoms with Gasteiger partial charge in [-0.3, -0.25) is 0 Å². The molecular weight excluding hydrogens is 336 g/mol. The number of hydrogen-bond donors (Lipinski definition) is 4. The smallest absolute Gasteiger partial charge is 0.0722 e. The molecule has 0 radical (unpaired) electrons. The molecule has 0 saturated heterocycles. The Morgan fingerprint density at radius 1 is 0.704 bits per heavy atom. The van der Waals surface area contributed by atoms with Gasteiger partial charge < -0.3 is 21.7 Å². The van der Waals surface area contributed by atoms with Crippen LogP contribution in [0.25, 0.3) is 0 Å². The van der Waals surface area contributed by atoms with E-state index in [0.29, 0.717) is 47.3 Å². The number of hydrogen-bond acceptors (Lipinski definition) is 4. The fraction of sp³-hybridized carbons (Fsp3) is 1.00. The number of rotatable bonds is 6. The highest BCUT2D eigenvalue weighted by Gasteiger charge is 2.44. The molecule has 10 atom stereocenters. The maximum absolute atomic E-state index is 10.7. The number of aliphatic hydroxyl groups excluding tert-OH is 2. The van der Waals surface area contributed by atoms with E-state index in [1.165, 1.54) is 0 Å². The minimum absolute atomic E-state index is 0.128. The van der Waals surface area contributed by atoms with Crippen molar-refractivity contribution in [2.24, 2.45) is 58.8 Å². The zero-order chi connectivity index (χ0) is 20.5. The molecule has 4 heteroatoms. The van der Waals surface area contributed by atoms with E-state index < -0.39 is 0 Å². The molecule has 160 valence electrons. The monoisotopic (exact) mass is 382 g/mol. The Kier molecular flexibility index (Phi) is 8.19. The largest absolute Gasteiger partial charge is 0.391 e. The molecule has 0 aromatic carbocycles. The fourth-order valence-electron chi connectivity index (χ4n) is 6.06. The van der Waals surface area contributed by atoms with Gasteiger partial charge in [0, 0.05) is 12.1 Å². The predicted octanol–water partition coefficient (Wildman–Crippen LogP) is 3.39. The zero-order valence-corrected chi connectivity index (χ0v) is 18.5. The van der Waals surface area contributed by atoms with Gasteiger partial charge in [0.2, 0.25) is 0 Å². The van der Waals surface area contributed by atoms with E-state index in [0.717, 1.165) is 32.1 Å². The van der Waals surface area contributed by atoms with Crippen molar-refractivity contribution >= 4 is 0 Å². The van der Waals surface area contributed by atoms with Gasteiger partial charge in [-0.2, -0.15) is 0 Å². The average molecular weight is 383 g/mol. The summed E-state index contributed by atoms with van der Waals surface area (Å²) in [7, 11) is 0. The molecule has 2 aliphatic rings. The molecule has 0 heterocycles. The summed E-state index contributed by atoms with van der Waals surface area (Å²) >= 11 is 0. The molecule has 2 rings (SSSR count). The molecule has 0 amide bonds. The second-order valence-corrected chi connectivity index (χ2v) is 10.9. The Morgan fingerprint density at radius 2 is 1.04 bits per heavy atom. The fourth-order valence-corrected chi connectivity index (χ4v) is 6.06. The van der Waals surface area contributed by atoms with E-state index in [2.05, 4.69) is 41.5 Å². The van der Waals surface area contributed by atoms with Crippen molar-refractivity contribution in [1.29, 1.82) is 0 Å². The minimum Gasteiger partial charge on any atom is -0.391 e. The second kappa shape index (κ2) is 9.56. The van der Waals surface area contributed by atoms with Gasteiger partial charge in [-0.15, -0.1) is 0 Å². The lowest BCUT2D eigenvalue weighted by atomic mass is 9.61. The highest BCUT2D eigenvalue weighted by atomic mass is 16.3. The Morgan fingerprint density at radius 3 is 1.33 bits per heavy atom. The molecular formula is C23H46N2O2. The van der Waals surface area contributed by atoms with Crippen molar-refractivity contribution in [3.63, 3.8) is 0 Å². The van der Waals surface area contributed by atoms with E-state index in [-0.39, 0.29) is 24.3 Å². The van der Waals surface area contributed by atoms with Crippen LogP contribution in [0.2, 0.25) is 0 Å². The van der Waals surface area contributed by atoms with E-state index in [9.17, 15) is 10.2 Å².